The molecule has 0 saturated carbocycles. The van der Waals surface area contributed by atoms with Crippen molar-refractivity contribution in [1.29, 1.82) is 0 Å². The summed E-state index contributed by atoms with van der Waals surface area (Å²) in [5, 5.41) is 0. The summed E-state index contributed by atoms with van der Waals surface area (Å²) in [4.78, 5) is 1.60. The van der Waals surface area contributed by atoms with E-state index in [2.05, 4.69) is 9.62 Å². The van der Waals surface area contributed by atoms with Gasteiger partial charge in [0.15, 0.2) is 0 Å². The van der Waals surface area contributed by atoms with Crippen LogP contribution >= 0.6 is 0 Å². The topological polar surface area (TPSA) is 58.6 Å². The molecule has 1 fully saturated rings. The minimum atomic E-state index is -4.07. The van der Waals surface area contributed by atoms with Crippen molar-refractivity contribution >= 4 is 10.0 Å². The lowest BCUT2D eigenvalue weighted by molar-refractivity contribution is -0.0276. The largest absolute Gasteiger partial charge is 0.374 e. The third-order valence-corrected chi connectivity index (χ3v) is 5.61. The van der Waals surface area contributed by atoms with E-state index in [1.807, 2.05) is 30.3 Å². The van der Waals surface area contributed by atoms with Gasteiger partial charge in [-0.1, -0.05) is 30.3 Å². The molecule has 1 N–H and O–H groups in total. The fourth-order valence-electron chi connectivity index (χ4n) is 2.86. The summed E-state index contributed by atoms with van der Waals surface area (Å²) in [5.74, 6) is -1.94. The van der Waals surface area contributed by atoms with E-state index < -0.39 is 26.6 Å². The van der Waals surface area contributed by atoms with Crippen LogP contribution in [0.25, 0.3) is 0 Å². The van der Waals surface area contributed by atoms with Gasteiger partial charge in [-0.15, -0.1) is 0 Å². The highest BCUT2D eigenvalue weighted by Crippen LogP contribution is 2.16. The van der Waals surface area contributed by atoms with Crippen LogP contribution in [0, 0.1) is 11.6 Å². The van der Waals surface area contributed by atoms with Crippen molar-refractivity contribution < 1.29 is 21.9 Å². The van der Waals surface area contributed by atoms with Crippen molar-refractivity contribution in [1.82, 2.24) is 9.62 Å². The summed E-state index contributed by atoms with van der Waals surface area (Å²) < 4.78 is 59.1. The predicted molar refractivity (Wildman–Crippen MR) is 93.0 cm³/mol. The number of nitrogens with zero attached hydrogens (tertiary/aromatic N) is 1. The molecule has 1 atom stereocenters. The van der Waals surface area contributed by atoms with E-state index in [1.165, 1.54) is 5.56 Å². The number of rotatable bonds is 6. The van der Waals surface area contributed by atoms with Gasteiger partial charge in [0.1, 0.15) is 16.5 Å². The highest BCUT2D eigenvalue weighted by Gasteiger charge is 2.25. The molecule has 26 heavy (non-hydrogen) atoms. The molecule has 3 rings (SSSR count). The van der Waals surface area contributed by atoms with E-state index in [4.69, 9.17) is 4.74 Å². The Labute approximate surface area is 151 Å². The van der Waals surface area contributed by atoms with Crippen molar-refractivity contribution in [2.45, 2.75) is 17.5 Å². The Morgan fingerprint density at radius 3 is 2.65 bits per heavy atom. The zero-order valence-corrected chi connectivity index (χ0v) is 14.9. The number of nitrogens with one attached hydrogen (secondary N) is 1. The summed E-state index contributed by atoms with van der Waals surface area (Å²) >= 11 is 0. The second-order valence-corrected chi connectivity index (χ2v) is 7.88. The molecule has 140 valence electrons. The monoisotopic (exact) mass is 382 g/mol. The van der Waals surface area contributed by atoms with Gasteiger partial charge in [0.2, 0.25) is 10.0 Å². The first-order chi connectivity index (χ1) is 12.4. The van der Waals surface area contributed by atoms with Crippen LogP contribution in [0.4, 0.5) is 8.78 Å². The third kappa shape index (κ3) is 4.85. The number of morpholine rings is 1. The molecule has 0 radical (unpaired) electrons. The molecule has 2 aromatic rings. The van der Waals surface area contributed by atoms with E-state index in [-0.39, 0.29) is 12.6 Å². The van der Waals surface area contributed by atoms with Gasteiger partial charge < -0.3 is 4.74 Å². The van der Waals surface area contributed by atoms with E-state index >= 15 is 0 Å². The Kier molecular flexibility index (Phi) is 5.98. The molecule has 1 aliphatic rings. The normalized spacial score (nSPS) is 18.8. The maximum absolute atomic E-state index is 13.7. The summed E-state index contributed by atoms with van der Waals surface area (Å²) in [7, 11) is -4.07. The predicted octanol–water partition coefficient (Wildman–Crippen LogP) is 2.14. The molecular weight excluding hydrogens is 362 g/mol. The molecule has 5 nitrogen and oxygen atoms in total. The molecule has 0 amide bonds. The quantitative estimate of drug-likeness (QED) is 0.832. The van der Waals surface area contributed by atoms with E-state index in [9.17, 15) is 17.2 Å². The zero-order chi connectivity index (χ0) is 18.6. The van der Waals surface area contributed by atoms with Crippen LogP contribution in [0.1, 0.15) is 5.56 Å². The van der Waals surface area contributed by atoms with Crippen molar-refractivity contribution in [3.8, 4) is 0 Å². The summed E-state index contributed by atoms with van der Waals surface area (Å²) in [6, 6.07) is 12.3. The van der Waals surface area contributed by atoms with Gasteiger partial charge in [-0.3, -0.25) is 4.90 Å². The van der Waals surface area contributed by atoms with Crippen molar-refractivity contribution in [3.63, 3.8) is 0 Å². The van der Waals surface area contributed by atoms with Crippen molar-refractivity contribution in [2.75, 3.05) is 26.2 Å². The van der Waals surface area contributed by atoms with Gasteiger partial charge >= 0.3 is 0 Å². The Morgan fingerprint density at radius 1 is 1.15 bits per heavy atom. The summed E-state index contributed by atoms with van der Waals surface area (Å²) in [6.45, 7) is 2.57. The van der Waals surface area contributed by atoms with Crippen LogP contribution in [0.5, 0.6) is 0 Å². The Balaban J connectivity index is 1.58. The minimum absolute atomic E-state index is 0.0183. The lowest BCUT2D eigenvalue weighted by Gasteiger charge is -2.33. The minimum Gasteiger partial charge on any atom is -0.374 e. The number of hydrogen-bond donors (Lipinski definition) is 1. The Morgan fingerprint density at radius 2 is 1.92 bits per heavy atom. The average Bonchev–Trinajstić information content (AvgIpc) is 2.61. The van der Waals surface area contributed by atoms with Crippen LogP contribution in [0.3, 0.4) is 0 Å². The van der Waals surface area contributed by atoms with E-state index in [0.717, 1.165) is 25.2 Å². The average molecular weight is 382 g/mol. The van der Waals surface area contributed by atoms with Gasteiger partial charge in [-0.05, 0) is 17.7 Å². The van der Waals surface area contributed by atoms with Crippen molar-refractivity contribution in [2.24, 2.45) is 0 Å². The molecule has 1 saturated heterocycles. The SMILES string of the molecule is O=S(=O)(NCC1CN(Cc2ccccc2)CCO1)c1ccc(F)cc1F. The first-order valence-corrected chi connectivity index (χ1v) is 9.75. The van der Waals surface area contributed by atoms with Gasteiger partial charge in [0.25, 0.3) is 0 Å². The molecule has 1 aliphatic heterocycles. The maximum Gasteiger partial charge on any atom is 0.243 e. The Bertz CT molecular complexity index is 847. The number of benzene rings is 2. The molecule has 0 aliphatic carbocycles. The first kappa shape index (κ1) is 18.9. The number of halogens is 2. The van der Waals surface area contributed by atoms with Crippen molar-refractivity contribution in [3.05, 3.63) is 65.7 Å². The first-order valence-electron chi connectivity index (χ1n) is 8.26. The van der Waals surface area contributed by atoms with Crippen LogP contribution < -0.4 is 4.72 Å². The molecule has 8 heteroatoms. The van der Waals surface area contributed by atoms with E-state index in [1.54, 1.807) is 0 Å². The lowest BCUT2D eigenvalue weighted by atomic mass is 10.2. The molecule has 0 spiro atoms. The van der Waals surface area contributed by atoms with Gasteiger partial charge in [-0.2, -0.15) is 0 Å². The fourth-order valence-corrected chi connectivity index (χ4v) is 3.99. The number of ether oxygens (including phenoxy) is 1. The molecule has 1 heterocycles. The molecule has 0 bridgehead atoms. The van der Waals surface area contributed by atoms with Crippen LogP contribution in [0.2, 0.25) is 0 Å². The van der Waals surface area contributed by atoms with Crippen LogP contribution in [-0.2, 0) is 21.3 Å². The Hall–Kier alpha value is -1.87. The van der Waals surface area contributed by atoms with Crippen LogP contribution in [0.15, 0.2) is 53.4 Å². The smallest absolute Gasteiger partial charge is 0.243 e. The summed E-state index contributed by atoms with van der Waals surface area (Å²) in [5.41, 5.74) is 1.17. The molecular formula is C18H20F2N2O3S. The highest BCUT2D eigenvalue weighted by atomic mass is 32.2. The highest BCUT2D eigenvalue weighted by molar-refractivity contribution is 7.89. The zero-order valence-electron chi connectivity index (χ0n) is 14.1. The maximum atomic E-state index is 13.7. The van der Waals surface area contributed by atoms with Gasteiger partial charge in [-0.25, -0.2) is 21.9 Å². The molecule has 0 aromatic heterocycles. The fraction of sp³-hybridized carbons (Fsp3) is 0.333. The molecule has 1 unspecified atom stereocenters. The van der Waals surface area contributed by atoms with Crippen LogP contribution in [-0.4, -0.2) is 45.7 Å². The third-order valence-electron chi connectivity index (χ3n) is 4.16. The number of hydrogen-bond acceptors (Lipinski definition) is 4. The number of sulfonamides is 1. The second kappa shape index (κ2) is 8.22. The van der Waals surface area contributed by atoms with Gasteiger partial charge in [0.05, 0.1) is 12.7 Å². The molecule has 2 aromatic carbocycles. The standard InChI is InChI=1S/C18H20F2N2O3S/c19-15-6-7-18(17(20)10-15)26(23,24)21-11-16-13-22(8-9-25-16)12-14-4-2-1-3-5-14/h1-7,10,16,21H,8-9,11-13H2. The lowest BCUT2D eigenvalue weighted by Crippen LogP contribution is -2.47. The van der Waals surface area contributed by atoms with E-state index in [0.29, 0.717) is 19.2 Å². The van der Waals surface area contributed by atoms with Gasteiger partial charge in [0, 0.05) is 32.2 Å². The summed E-state index contributed by atoms with van der Waals surface area (Å²) in [6.07, 6.45) is -0.342. The second-order valence-electron chi connectivity index (χ2n) is 6.14.